The van der Waals surface area contributed by atoms with E-state index in [1.807, 2.05) is 6.07 Å². The van der Waals surface area contributed by atoms with Gasteiger partial charge in [-0.3, -0.25) is 0 Å². The van der Waals surface area contributed by atoms with Gasteiger partial charge < -0.3 is 20.5 Å². The van der Waals surface area contributed by atoms with E-state index in [0.29, 0.717) is 23.7 Å². The molecule has 1 aliphatic rings. The standard InChI is InChI=1S/C11H17N3O2/c1-15-8-5-7(6-8)13-10-4-3-9(12)11(14-10)16-2/h3-4,7-8H,5-6,12H2,1-2H3,(H,13,14). The molecule has 0 saturated heterocycles. The number of ether oxygens (including phenoxy) is 2. The van der Waals surface area contributed by atoms with Gasteiger partial charge in [-0.15, -0.1) is 0 Å². The van der Waals surface area contributed by atoms with Crippen molar-refractivity contribution in [2.24, 2.45) is 0 Å². The minimum absolute atomic E-state index is 0.383. The summed E-state index contributed by atoms with van der Waals surface area (Å²) >= 11 is 0. The van der Waals surface area contributed by atoms with Crippen LogP contribution in [-0.2, 0) is 4.74 Å². The molecule has 0 spiro atoms. The van der Waals surface area contributed by atoms with Crippen molar-refractivity contribution in [1.82, 2.24) is 4.98 Å². The third kappa shape index (κ3) is 2.19. The van der Waals surface area contributed by atoms with Crippen molar-refractivity contribution in [2.75, 3.05) is 25.3 Å². The second-order valence-corrected chi connectivity index (χ2v) is 3.97. The Morgan fingerprint density at radius 1 is 1.38 bits per heavy atom. The Kier molecular flexibility index (Phi) is 3.14. The largest absolute Gasteiger partial charge is 0.479 e. The van der Waals surface area contributed by atoms with Crippen molar-refractivity contribution < 1.29 is 9.47 Å². The monoisotopic (exact) mass is 223 g/mol. The predicted octanol–water partition coefficient (Wildman–Crippen LogP) is 1.26. The van der Waals surface area contributed by atoms with E-state index in [4.69, 9.17) is 15.2 Å². The smallest absolute Gasteiger partial charge is 0.238 e. The molecule has 2 rings (SSSR count). The van der Waals surface area contributed by atoms with Crippen LogP contribution < -0.4 is 15.8 Å². The molecule has 1 aliphatic carbocycles. The Hall–Kier alpha value is -1.49. The average molecular weight is 223 g/mol. The van der Waals surface area contributed by atoms with Crippen molar-refractivity contribution in [2.45, 2.75) is 25.0 Å². The van der Waals surface area contributed by atoms with E-state index in [9.17, 15) is 0 Å². The lowest BCUT2D eigenvalue weighted by atomic mass is 9.89. The lowest BCUT2D eigenvalue weighted by Gasteiger charge is -2.34. The molecule has 0 amide bonds. The normalized spacial score (nSPS) is 23.6. The molecule has 0 aromatic carbocycles. The van der Waals surface area contributed by atoms with Gasteiger partial charge in [0.25, 0.3) is 0 Å². The van der Waals surface area contributed by atoms with Gasteiger partial charge in [-0.2, -0.15) is 4.98 Å². The Morgan fingerprint density at radius 3 is 2.75 bits per heavy atom. The van der Waals surface area contributed by atoms with Crippen molar-refractivity contribution >= 4 is 11.5 Å². The van der Waals surface area contributed by atoms with Crippen LogP contribution in [0.4, 0.5) is 11.5 Å². The summed E-state index contributed by atoms with van der Waals surface area (Å²) in [5.74, 6) is 1.26. The number of nitrogens with zero attached hydrogens (tertiary/aromatic N) is 1. The third-order valence-corrected chi connectivity index (χ3v) is 2.86. The topological polar surface area (TPSA) is 69.4 Å². The Balaban J connectivity index is 1.95. The number of aromatic nitrogens is 1. The number of hydrogen-bond acceptors (Lipinski definition) is 5. The molecule has 16 heavy (non-hydrogen) atoms. The molecule has 1 fully saturated rings. The zero-order chi connectivity index (χ0) is 11.5. The quantitative estimate of drug-likeness (QED) is 0.804. The fraction of sp³-hybridized carbons (Fsp3) is 0.545. The number of rotatable bonds is 4. The number of nitrogen functional groups attached to an aromatic ring is 1. The van der Waals surface area contributed by atoms with E-state index >= 15 is 0 Å². The van der Waals surface area contributed by atoms with Gasteiger partial charge in [0.1, 0.15) is 5.82 Å². The fourth-order valence-electron chi connectivity index (χ4n) is 1.78. The first-order valence-corrected chi connectivity index (χ1v) is 5.32. The van der Waals surface area contributed by atoms with Crippen LogP contribution in [-0.4, -0.2) is 31.3 Å². The Morgan fingerprint density at radius 2 is 2.12 bits per heavy atom. The zero-order valence-corrected chi connectivity index (χ0v) is 9.56. The second kappa shape index (κ2) is 4.57. The van der Waals surface area contributed by atoms with Gasteiger partial charge in [0.05, 0.1) is 18.9 Å². The van der Waals surface area contributed by atoms with Gasteiger partial charge in [0.2, 0.25) is 5.88 Å². The fourth-order valence-corrected chi connectivity index (χ4v) is 1.78. The number of anilines is 2. The number of methoxy groups -OCH3 is 2. The predicted molar refractivity (Wildman–Crippen MR) is 62.6 cm³/mol. The van der Waals surface area contributed by atoms with Crippen LogP contribution in [0, 0.1) is 0 Å². The van der Waals surface area contributed by atoms with Crippen LogP contribution in [0.3, 0.4) is 0 Å². The molecule has 1 saturated carbocycles. The molecule has 0 unspecified atom stereocenters. The Labute approximate surface area is 95.0 Å². The van der Waals surface area contributed by atoms with Crippen LogP contribution >= 0.6 is 0 Å². The van der Waals surface area contributed by atoms with E-state index in [0.717, 1.165) is 18.7 Å². The first-order valence-electron chi connectivity index (χ1n) is 5.32. The van der Waals surface area contributed by atoms with Gasteiger partial charge in [-0.1, -0.05) is 0 Å². The van der Waals surface area contributed by atoms with Crippen LogP contribution in [0.2, 0.25) is 0 Å². The van der Waals surface area contributed by atoms with Gasteiger partial charge in [0, 0.05) is 13.2 Å². The molecule has 88 valence electrons. The molecule has 1 heterocycles. The van der Waals surface area contributed by atoms with E-state index in [1.165, 1.54) is 0 Å². The second-order valence-electron chi connectivity index (χ2n) is 3.97. The minimum atomic E-state index is 0.383. The van der Waals surface area contributed by atoms with Crippen LogP contribution in [0.1, 0.15) is 12.8 Å². The molecular formula is C11H17N3O2. The van der Waals surface area contributed by atoms with E-state index < -0.39 is 0 Å². The van der Waals surface area contributed by atoms with Gasteiger partial charge in [-0.25, -0.2) is 0 Å². The van der Waals surface area contributed by atoms with Gasteiger partial charge in [0.15, 0.2) is 0 Å². The molecule has 5 nitrogen and oxygen atoms in total. The first kappa shape index (κ1) is 11.0. The highest BCUT2D eigenvalue weighted by molar-refractivity contribution is 5.53. The van der Waals surface area contributed by atoms with Gasteiger partial charge >= 0.3 is 0 Å². The molecule has 0 bridgehead atoms. The van der Waals surface area contributed by atoms with Crippen LogP contribution in [0.15, 0.2) is 12.1 Å². The summed E-state index contributed by atoms with van der Waals surface area (Å²) in [6.45, 7) is 0. The van der Waals surface area contributed by atoms with Gasteiger partial charge in [-0.05, 0) is 25.0 Å². The summed E-state index contributed by atoms with van der Waals surface area (Å²) < 4.78 is 10.3. The maximum atomic E-state index is 5.69. The Bertz CT molecular complexity index is 364. The number of nitrogens with two attached hydrogens (primary N) is 1. The highest BCUT2D eigenvalue weighted by atomic mass is 16.5. The van der Waals surface area contributed by atoms with E-state index in [-0.39, 0.29) is 0 Å². The molecule has 1 aromatic rings. The molecule has 3 N–H and O–H groups in total. The summed E-state index contributed by atoms with van der Waals surface area (Å²) in [6.07, 6.45) is 2.42. The lowest BCUT2D eigenvalue weighted by Crippen LogP contribution is -2.40. The summed E-state index contributed by atoms with van der Waals surface area (Å²) in [5, 5.41) is 3.32. The molecule has 0 aliphatic heterocycles. The lowest BCUT2D eigenvalue weighted by molar-refractivity contribution is 0.0328. The maximum Gasteiger partial charge on any atom is 0.238 e. The SMILES string of the molecule is COc1nc(NC2CC(OC)C2)ccc1N. The van der Waals surface area contributed by atoms with Crippen molar-refractivity contribution in [3.05, 3.63) is 12.1 Å². The first-order chi connectivity index (χ1) is 7.72. The number of hydrogen-bond donors (Lipinski definition) is 2. The molecule has 5 heteroatoms. The molecule has 0 radical (unpaired) electrons. The summed E-state index contributed by atoms with van der Waals surface area (Å²) in [4.78, 5) is 4.26. The molecule has 0 atom stereocenters. The van der Waals surface area contributed by atoms with Crippen LogP contribution in [0.5, 0.6) is 5.88 Å². The number of nitrogens with one attached hydrogen (secondary N) is 1. The summed E-state index contributed by atoms with van der Waals surface area (Å²) in [6, 6.07) is 4.09. The maximum absolute atomic E-state index is 5.69. The van der Waals surface area contributed by atoms with E-state index in [1.54, 1.807) is 20.3 Å². The van der Waals surface area contributed by atoms with Crippen molar-refractivity contribution in [3.8, 4) is 5.88 Å². The minimum Gasteiger partial charge on any atom is -0.479 e. The highest BCUT2D eigenvalue weighted by Crippen LogP contribution is 2.27. The number of pyridine rings is 1. The highest BCUT2D eigenvalue weighted by Gasteiger charge is 2.29. The van der Waals surface area contributed by atoms with Crippen LogP contribution in [0.25, 0.3) is 0 Å². The third-order valence-electron chi connectivity index (χ3n) is 2.86. The van der Waals surface area contributed by atoms with Crippen molar-refractivity contribution in [3.63, 3.8) is 0 Å². The average Bonchev–Trinajstić information content (AvgIpc) is 2.25. The molecule has 1 aromatic heterocycles. The molecular weight excluding hydrogens is 206 g/mol. The zero-order valence-electron chi connectivity index (χ0n) is 9.56. The van der Waals surface area contributed by atoms with Crippen molar-refractivity contribution in [1.29, 1.82) is 0 Å². The van der Waals surface area contributed by atoms with E-state index in [2.05, 4.69) is 10.3 Å². The summed E-state index contributed by atoms with van der Waals surface area (Å²) in [5.41, 5.74) is 6.24. The summed E-state index contributed by atoms with van der Waals surface area (Å²) in [7, 11) is 3.30.